The number of nitrogens with one attached hydrogen (secondary N) is 2. The molecule has 1 heterocycles. The van der Waals surface area contributed by atoms with Crippen LogP contribution in [0.5, 0.6) is 0 Å². The smallest absolute Gasteiger partial charge is 0.141 e. The minimum absolute atomic E-state index is 0.138. The lowest BCUT2D eigenvalue weighted by atomic mass is 10.0. The Balaban J connectivity index is 2.16. The molecule has 19 heavy (non-hydrogen) atoms. The lowest BCUT2D eigenvalue weighted by molar-refractivity contribution is 0.456. The van der Waals surface area contributed by atoms with Crippen LogP contribution >= 0.6 is 0 Å². The maximum Gasteiger partial charge on any atom is 0.141 e. The predicted octanol–water partition coefficient (Wildman–Crippen LogP) is 2.80. The number of aromatic amines is 1. The molecule has 6 heteroatoms. The molecule has 2 unspecified atom stereocenters. The van der Waals surface area contributed by atoms with Crippen LogP contribution in [0.4, 0.5) is 8.78 Å². The molecule has 0 fully saturated rings. The molecule has 1 aromatic carbocycles. The van der Waals surface area contributed by atoms with E-state index in [4.69, 9.17) is 0 Å². The van der Waals surface area contributed by atoms with Gasteiger partial charge in [-0.25, -0.2) is 13.8 Å². The van der Waals surface area contributed by atoms with Gasteiger partial charge in [-0.3, -0.25) is 5.10 Å². The van der Waals surface area contributed by atoms with Gasteiger partial charge in [-0.15, -0.1) is 0 Å². The van der Waals surface area contributed by atoms with Crippen LogP contribution in [0, 0.1) is 18.6 Å². The van der Waals surface area contributed by atoms with Crippen molar-refractivity contribution >= 4 is 0 Å². The highest BCUT2D eigenvalue weighted by atomic mass is 19.1. The van der Waals surface area contributed by atoms with E-state index in [1.165, 1.54) is 25.4 Å². The van der Waals surface area contributed by atoms with Crippen LogP contribution in [-0.4, -0.2) is 15.2 Å². The van der Waals surface area contributed by atoms with Gasteiger partial charge in [0.05, 0.1) is 6.04 Å². The van der Waals surface area contributed by atoms with Crippen LogP contribution < -0.4 is 5.32 Å². The number of benzene rings is 1. The topological polar surface area (TPSA) is 53.6 Å². The van der Waals surface area contributed by atoms with Crippen molar-refractivity contribution in [3.05, 3.63) is 47.0 Å². The Hall–Kier alpha value is -1.82. The minimum Gasteiger partial charge on any atom is -0.301 e. The lowest BCUT2D eigenvalue weighted by Crippen LogP contribution is -2.24. The van der Waals surface area contributed by atoms with Crippen LogP contribution in [-0.2, 0) is 0 Å². The predicted molar refractivity (Wildman–Crippen MR) is 67.4 cm³/mol. The van der Waals surface area contributed by atoms with E-state index in [1.54, 1.807) is 6.92 Å². The fourth-order valence-electron chi connectivity index (χ4n) is 1.96. The quantitative estimate of drug-likeness (QED) is 0.894. The number of aromatic nitrogens is 3. The van der Waals surface area contributed by atoms with E-state index in [2.05, 4.69) is 20.5 Å². The Labute approximate surface area is 110 Å². The molecule has 0 saturated carbocycles. The molecule has 102 valence electrons. The summed E-state index contributed by atoms with van der Waals surface area (Å²) in [5, 5.41) is 9.64. The fraction of sp³-hybridized carbons (Fsp3) is 0.385. The zero-order valence-corrected chi connectivity index (χ0v) is 11.0. The van der Waals surface area contributed by atoms with Gasteiger partial charge >= 0.3 is 0 Å². The summed E-state index contributed by atoms with van der Waals surface area (Å²) in [4.78, 5) is 4.02. The first kappa shape index (κ1) is 13.6. The van der Waals surface area contributed by atoms with Gasteiger partial charge in [0.2, 0.25) is 0 Å². The Morgan fingerprint density at radius 2 is 1.89 bits per heavy atom. The Morgan fingerprint density at radius 1 is 1.16 bits per heavy atom. The zero-order valence-electron chi connectivity index (χ0n) is 11.0. The van der Waals surface area contributed by atoms with E-state index >= 15 is 0 Å². The Kier molecular flexibility index (Phi) is 3.90. The molecule has 0 bridgehead atoms. The van der Waals surface area contributed by atoms with Crippen LogP contribution in [0.3, 0.4) is 0 Å². The van der Waals surface area contributed by atoms with Crippen molar-refractivity contribution < 1.29 is 8.78 Å². The summed E-state index contributed by atoms with van der Waals surface area (Å²) < 4.78 is 27.3. The second kappa shape index (κ2) is 5.44. The molecular formula is C13H16F2N4. The van der Waals surface area contributed by atoms with Crippen molar-refractivity contribution in [2.24, 2.45) is 0 Å². The number of H-pyrrole nitrogens is 1. The summed E-state index contributed by atoms with van der Waals surface area (Å²) in [5.41, 5.74) is 0.603. The zero-order chi connectivity index (χ0) is 14.0. The molecule has 0 saturated heterocycles. The monoisotopic (exact) mass is 266 g/mol. The second-order valence-corrected chi connectivity index (χ2v) is 4.60. The number of hydrogen-bond acceptors (Lipinski definition) is 3. The summed E-state index contributed by atoms with van der Waals surface area (Å²) in [6.07, 6.45) is 1.41. The van der Waals surface area contributed by atoms with Gasteiger partial charge in [-0.05, 0) is 38.5 Å². The first-order valence-electron chi connectivity index (χ1n) is 6.06. The molecule has 2 aromatic rings. The number of halogens is 2. The lowest BCUT2D eigenvalue weighted by Gasteiger charge is -2.19. The maximum absolute atomic E-state index is 13.8. The van der Waals surface area contributed by atoms with E-state index in [1.807, 2.05) is 6.92 Å². The van der Waals surface area contributed by atoms with Crippen molar-refractivity contribution in [3.8, 4) is 0 Å². The third-order valence-corrected chi connectivity index (χ3v) is 3.09. The van der Waals surface area contributed by atoms with Gasteiger partial charge in [0, 0.05) is 11.6 Å². The molecule has 1 aromatic heterocycles. The average molecular weight is 266 g/mol. The summed E-state index contributed by atoms with van der Waals surface area (Å²) in [6, 6.07) is 1.97. The van der Waals surface area contributed by atoms with Gasteiger partial charge < -0.3 is 5.32 Å². The summed E-state index contributed by atoms with van der Waals surface area (Å²) in [5.74, 6) is -0.166. The molecule has 2 N–H and O–H groups in total. The Morgan fingerprint density at radius 3 is 2.53 bits per heavy atom. The van der Waals surface area contributed by atoms with Gasteiger partial charge in [0.1, 0.15) is 23.8 Å². The highest BCUT2D eigenvalue weighted by Crippen LogP contribution is 2.22. The SMILES string of the molecule is Cc1cc(F)c(C(C)NC(C)c2ncn[nH]2)cc1F. The number of nitrogens with zero attached hydrogens (tertiary/aromatic N) is 2. The standard InChI is InChI=1S/C13H16F2N4/c1-7-4-12(15)10(5-11(7)14)8(2)18-9(3)13-16-6-17-19-13/h4-6,8-9,18H,1-3H3,(H,16,17,19). The van der Waals surface area contributed by atoms with E-state index in [9.17, 15) is 8.78 Å². The highest BCUT2D eigenvalue weighted by Gasteiger charge is 2.17. The van der Waals surface area contributed by atoms with Crippen LogP contribution in [0.1, 0.15) is 42.9 Å². The first-order chi connectivity index (χ1) is 8.99. The molecule has 0 aliphatic heterocycles. The molecule has 4 nitrogen and oxygen atoms in total. The van der Waals surface area contributed by atoms with Crippen molar-refractivity contribution in [1.29, 1.82) is 0 Å². The number of aryl methyl sites for hydroxylation is 1. The van der Waals surface area contributed by atoms with Crippen molar-refractivity contribution in [2.75, 3.05) is 0 Å². The van der Waals surface area contributed by atoms with E-state index in [0.29, 0.717) is 17.0 Å². The molecule has 2 atom stereocenters. The van der Waals surface area contributed by atoms with Crippen LogP contribution in [0.15, 0.2) is 18.5 Å². The molecule has 0 spiro atoms. The number of rotatable bonds is 4. The van der Waals surface area contributed by atoms with Gasteiger partial charge in [0.15, 0.2) is 0 Å². The molecule has 2 rings (SSSR count). The van der Waals surface area contributed by atoms with Gasteiger partial charge in [0.25, 0.3) is 0 Å². The summed E-state index contributed by atoms with van der Waals surface area (Å²) in [7, 11) is 0. The summed E-state index contributed by atoms with van der Waals surface area (Å²) in [6.45, 7) is 5.19. The fourth-order valence-corrected chi connectivity index (χ4v) is 1.96. The van der Waals surface area contributed by atoms with Gasteiger partial charge in [-0.2, -0.15) is 5.10 Å². The number of hydrogen-bond donors (Lipinski definition) is 2. The van der Waals surface area contributed by atoms with Crippen molar-refractivity contribution in [1.82, 2.24) is 20.5 Å². The molecule has 0 amide bonds. The largest absolute Gasteiger partial charge is 0.301 e. The van der Waals surface area contributed by atoms with E-state index in [-0.39, 0.29) is 12.1 Å². The van der Waals surface area contributed by atoms with Crippen molar-refractivity contribution in [2.45, 2.75) is 32.9 Å². The minimum atomic E-state index is -0.413. The molecule has 0 aliphatic rings. The molecule has 0 aliphatic carbocycles. The highest BCUT2D eigenvalue weighted by molar-refractivity contribution is 5.27. The molecule has 0 radical (unpaired) electrons. The first-order valence-corrected chi connectivity index (χ1v) is 6.06. The maximum atomic E-state index is 13.8. The van der Waals surface area contributed by atoms with Crippen molar-refractivity contribution in [3.63, 3.8) is 0 Å². The van der Waals surface area contributed by atoms with E-state index in [0.717, 1.165) is 0 Å². The average Bonchev–Trinajstić information content (AvgIpc) is 2.87. The van der Waals surface area contributed by atoms with Crippen LogP contribution in [0.2, 0.25) is 0 Å². The van der Waals surface area contributed by atoms with Gasteiger partial charge in [-0.1, -0.05) is 0 Å². The van der Waals surface area contributed by atoms with Crippen LogP contribution in [0.25, 0.3) is 0 Å². The summed E-state index contributed by atoms with van der Waals surface area (Å²) >= 11 is 0. The second-order valence-electron chi connectivity index (χ2n) is 4.60. The normalized spacial score (nSPS) is 14.4. The molecular weight excluding hydrogens is 250 g/mol. The van der Waals surface area contributed by atoms with E-state index < -0.39 is 11.6 Å². The Bertz CT molecular complexity index is 554. The third-order valence-electron chi connectivity index (χ3n) is 3.09. The third kappa shape index (κ3) is 2.96.